The topological polar surface area (TPSA) is 89.8 Å². The van der Waals surface area contributed by atoms with Crippen molar-refractivity contribution in [3.8, 4) is 0 Å². The van der Waals surface area contributed by atoms with Gasteiger partial charge in [-0.2, -0.15) is 0 Å². The van der Waals surface area contributed by atoms with Crippen molar-refractivity contribution in [3.63, 3.8) is 0 Å². The largest absolute Gasteiger partial charge is 0.394 e. The highest BCUT2D eigenvalue weighted by Gasteiger charge is 2.26. The zero-order chi connectivity index (χ0) is 38.7. The van der Waals surface area contributed by atoms with Gasteiger partial charge in [-0.05, 0) is 38.5 Å². The first kappa shape index (κ1) is 51.8. The van der Waals surface area contributed by atoms with E-state index in [2.05, 4.69) is 43.5 Å². The highest BCUT2D eigenvalue weighted by molar-refractivity contribution is 5.76. The first-order valence-corrected chi connectivity index (χ1v) is 23.6. The van der Waals surface area contributed by atoms with E-state index in [0.29, 0.717) is 12.8 Å². The lowest BCUT2D eigenvalue weighted by Gasteiger charge is -2.26. The molecule has 0 rings (SSSR count). The third-order valence-corrected chi connectivity index (χ3v) is 11.1. The van der Waals surface area contributed by atoms with Crippen molar-refractivity contribution >= 4 is 5.91 Å². The van der Waals surface area contributed by atoms with Gasteiger partial charge in [0.05, 0.1) is 18.8 Å². The van der Waals surface area contributed by atoms with Crippen LogP contribution >= 0.6 is 0 Å². The van der Waals surface area contributed by atoms with Gasteiger partial charge in [0.2, 0.25) is 5.91 Å². The third-order valence-electron chi connectivity index (χ3n) is 11.1. The maximum atomic E-state index is 12.4. The second-order valence-electron chi connectivity index (χ2n) is 16.3. The number of aliphatic hydroxyl groups is 3. The van der Waals surface area contributed by atoms with E-state index in [-0.39, 0.29) is 12.5 Å². The molecule has 1 amide bonds. The molecule has 0 aromatic carbocycles. The molecule has 5 heteroatoms. The van der Waals surface area contributed by atoms with E-state index in [1.54, 1.807) is 0 Å². The number of aliphatic hydroxyl groups excluding tert-OH is 3. The molecule has 0 spiro atoms. The van der Waals surface area contributed by atoms with Crippen LogP contribution in [0, 0.1) is 0 Å². The quantitative estimate of drug-likeness (QED) is 0.0369. The second kappa shape index (κ2) is 43.6. The molecule has 0 aliphatic carbocycles. The Hall–Kier alpha value is -1.17. The molecular formula is C48H93NO4. The van der Waals surface area contributed by atoms with Crippen LogP contribution < -0.4 is 5.32 Å². The summed E-state index contributed by atoms with van der Waals surface area (Å²) in [6.45, 7) is 4.17. The molecule has 3 unspecified atom stereocenters. The smallest absolute Gasteiger partial charge is 0.220 e. The Morgan fingerprint density at radius 1 is 0.472 bits per heavy atom. The van der Waals surface area contributed by atoms with Crippen LogP contribution in [0.2, 0.25) is 0 Å². The molecule has 0 radical (unpaired) electrons. The normalized spacial score (nSPS) is 13.7. The van der Waals surface area contributed by atoms with Gasteiger partial charge in [-0.25, -0.2) is 0 Å². The van der Waals surface area contributed by atoms with Gasteiger partial charge in [-0.1, -0.05) is 231 Å². The molecule has 0 heterocycles. The number of nitrogens with one attached hydrogen (secondary N) is 1. The molecular weight excluding hydrogens is 655 g/mol. The van der Waals surface area contributed by atoms with Gasteiger partial charge in [0.1, 0.15) is 6.10 Å². The van der Waals surface area contributed by atoms with E-state index in [9.17, 15) is 20.1 Å². The zero-order valence-corrected chi connectivity index (χ0v) is 35.7. The van der Waals surface area contributed by atoms with Crippen molar-refractivity contribution in [1.29, 1.82) is 0 Å². The Balaban J connectivity index is 3.59. The summed E-state index contributed by atoms with van der Waals surface area (Å²) >= 11 is 0. The molecule has 314 valence electrons. The van der Waals surface area contributed by atoms with Gasteiger partial charge in [0.25, 0.3) is 0 Å². The van der Waals surface area contributed by atoms with E-state index >= 15 is 0 Å². The summed E-state index contributed by atoms with van der Waals surface area (Å²) in [4.78, 5) is 12.4. The van der Waals surface area contributed by atoms with E-state index in [4.69, 9.17) is 0 Å². The minimum Gasteiger partial charge on any atom is -0.394 e. The van der Waals surface area contributed by atoms with Crippen molar-refractivity contribution in [1.82, 2.24) is 5.32 Å². The average Bonchev–Trinajstić information content (AvgIpc) is 3.16. The Morgan fingerprint density at radius 2 is 0.792 bits per heavy atom. The van der Waals surface area contributed by atoms with Gasteiger partial charge in [0.15, 0.2) is 0 Å². The highest BCUT2D eigenvalue weighted by Crippen LogP contribution is 2.17. The van der Waals surface area contributed by atoms with E-state index < -0.39 is 18.2 Å². The Bertz CT molecular complexity index is 784. The molecule has 0 saturated carbocycles. The molecule has 0 bridgehead atoms. The Morgan fingerprint density at radius 3 is 1.19 bits per heavy atom. The number of rotatable bonds is 43. The molecule has 0 saturated heterocycles. The Kier molecular flexibility index (Phi) is 42.6. The standard InChI is InChI=1S/C48H93NO4/c1-3-5-7-9-11-13-15-17-19-21-23-25-26-28-30-32-34-36-38-40-42-46(51)48(53)45(44-50)49-47(52)43-41-39-37-35-33-31-29-27-24-22-20-18-16-14-12-10-8-6-4-2/h12,14,16,18,45-46,48,50-51,53H,3-11,13,15,17,19-44H2,1-2H3,(H,49,52)/b14-12-,18-16-. The molecule has 0 aromatic rings. The van der Waals surface area contributed by atoms with Crippen LogP contribution in [0.4, 0.5) is 0 Å². The average molecular weight is 748 g/mol. The summed E-state index contributed by atoms with van der Waals surface area (Å²) in [6, 6.07) is -0.809. The minimum atomic E-state index is -1.14. The third kappa shape index (κ3) is 38.9. The zero-order valence-electron chi connectivity index (χ0n) is 35.7. The monoisotopic (exact) mass is 748 g/mol. The first-order valence-electron chi connectivity index (χ1n) is 23.6. The van der Waals surface area contributed by atoms with Gasteiger partial charge < -0.3 is 20.6 Å². The maximum absolute atomic E-state index is 12.4. The number of hydrogen-bond donors (Lipinski definition) is 4. The second-order valence-corrected chi connectivity index (χ2v) is 16.3. The van der Waals surface area contributed by atoms with Gasteiger partial charge >= 0.3 is 0 Å². The fourth-order valence-corrected chi connectivity index (χ4v) is 7.39. The lowest BCUT2D eigenvalue weighted by molar-refractivity contribution is -0.124. The molecule has 5 nitrogen and oxygen atoms in total. The molecule has 4 N–H and O–H groups in total. The number of carbonyl (C=O) groups excluding carboxylic acids is 1. The van der Waals surface area contributed by atoms with Gasteiger partial charge in [-0.3, -0.25) is 4.79 Å². The molecule has 0 fully saturated rings. The number of carbonyl (C=O) groups is 1. The number of allylic oxidation sites excluding steroid dienone is 4. The van der Waals surface area contributed by atoms with Crippen molar-refractivity contribution in [3.05, 3.63) is 24.3 Å². The summed E-state index contributed by atoms with van der Waals surface area (Å²) < 4.78 is 0. The van der Waals surface area contributed by atoms with Gasteiger partial charge in [0, 0.05) is 6.42 Å². The van der Waals surface area contributed by atoms with Crippen LogP contribution in [0.3, 0.4) is 0 Å². The van der Waals surface area contributed by atoms with E-state index in [1.165, 1.54) is 186 Å². The van der Waals surface area contributed by atoms with Crippen LogP contribution in [0.1, 0.15) is 251 Å². The van der Waals surface area contributed by atoms with Crippen LogP contribution in [0.15, 0.2) is 24.3 Å². The molecule has 53 heavy (non-hydrogen) atoms. The van der Waals surface area contributed by atoms with Crippen molar-refractivity contribution in [2.45, 2.75) is 270 Å². The molecule has 0 aliphatic heterocycles. The van der Waals surface area contributed by atoms with Crippen LogP contribution in [0.5, 0.6) is 0 Å². The fourth-order valence-electron chi connectivity index (χ4n) is 7.39. The highest BCUT2D eigenvalue weighted by atomic mass is 16.3. The number of hydrogen-bond acceptors (Lipinski definition) is 4. The molecule has 0 aromatic heterocycles. The fraction of sp³-hybridized carbons (Fsp3) is 0.896. The molecule has 3 atom stereocenters. The summed E-state index contributed by atoms with van der Waals surface area (Å²) in [5.41, 5.74) is 0. The number of unbranched alkanes of at least 4 members (excludes halogenated alkanes) is 32. The first-order chi connectivity index (χ1) is 26.1. The van der Waals surface area contributed by atoms with E-state index in [1.807, 2.05) is 0 Å². The minimum absolute atomic E-state index is 0.146. The SMILES string of the molecule is CCCCC/C=C\C=C/CCCCCCCCCCCCC(=O)NC(CO)C(O)C(O)CCCCCCCCCCCCCCCCCCCCCC. The predicted molar refractivity (Wildman–Crippen MR) is 231 cm³/mol. The summed E-state index contributed by atoms with van der Waals surface area (Å²) in [5, 5.41) is 33.6. The van der Waals surface area contributed by atoms with Crippen LogP contribution in [-0.2, 0) is 4.79 Å². The summed E-state index contributed by atoms with van der Waals surface area (Å²) in [7, 11) is 0. The Labute approximate surface area is 331 Å². The predicted octanol–water partition coefficient (Wildman–Crippen LogP) is 13.8. The van der Waals surface area contributed by atoms with Crippen LogP contribution in [-0.4, -0.2) is 46.1 Å². The van der Waals surface area contributed by atoms with Crippen LogP contribution in [0.25, 0.3) is 0 Å². The summed E-state index contributed by atoms with van der Waals surface area (Å²) in [6.07, 6.45) is 52.9. The summed E-state index contributed by atoms with van der Waals surface area (Å²) in [5.74, 6) is -0.146. The van der Waals surface area contributed by atoms with Crippen molar-refractivity contribution < 1.29 is 20.1 Å². The van der Waals surface area contributed by atoms with Crippen molar-refractivity contribution in [2.75, 3.05) is 6.61 Å². The van der Waals surface area contributed by atoms with Crippen molar-refractivity contribution in [2.24, 2.45) is 0 Å². The van der Waals surface area contributed by atoms with E-state index in [0.717, 1.165) is 38.5 Å². The maximum Gasteiger partial charge on any atom is 0.220 e. The van der Waals surface area contributed by atoms with Gasteiger partial charge in [-0.15, -0.1) is 0 Å². The number of amides is 1. The lowest BCUT2D eigenvalue weighted by Crippen LogP contribution is -2.50. The molecule has 0 aliphatic rings. The lowest BCUT2D eigenvalue weighted by atomic mass is 9.99.